The maximum absolute atomic E-state index is 13.6. The highest BCUT2D eigenvalue weighted by atomic mass is 19.1. The Morgan fingerprint density at radius 2 is 2.17 bits per heavy atom. The van der Waals surface area contributed by atoms with E-state index in [1.807, 2.05) is 4.57 Å². The molecule has 4 nitrogen and oxygen atoms in total. The molecule has 1 aliphatic rings. The Morgan fingerprint density at radius 1 is 1.50 bits per heavy atom. The molecule has 1 aliphatic carbocycles. The molecule has 3 rings (SSSR count). The van der Waals surface area contributed by atoms with Crippen molar-refractivity contribution >= 4 is 17.0 Å². The van der Waals surface area contributed by atoms with Crippen LogP contribution < -0.4 is 10.5 Å². The number of fused-ring (bicyclic) bond motifs is 1. The van der Waals surface area contributed by atoms with E-state index < -0.39 is 5.82 Å². The molecule has 1 unspecified atom stereocenters. The molecule has 18 heavy (non-hydrogen) atoms. The van der Waals surface area contributed by atoms with E-state index >= 15 is 0 Å². The maximum Gasteiger partial charge on any atom is 0.201 e. The number of hydrogen-bond donors (Lipinski definition) is 1. The van der Waals surface area contributed by atoms with Crippen LogP contribution in [0.2, 0.25) is 0 Å². The molecule has 1 aromatic heterocycles. The highest BCUT2D eigenvalue weighted by Gasteiger charge is 2.48. The van der Waals surface area contributed by atoms with Crippen LogP contribution in [0.25, 0.3) is 11.0 Å². The van der Waals surface area contributed by atoms with Crippen molar-refractivity contribution in [1.82, 2.24) is 9.55 Å². The highest BCUT2D eigenvalue weighted by Crippen LogP contribution is 2.57. The number of hydrogen-bond acceptors (Lipinski definition) is 3. The van der Waals surface area contributed by atoms with Gasteiger partial charge in [0.05, 0.1) is 18.1 Å². The lowest BCUT2D eigenvalue weighted by molar-refractivity contribution is 0.387. The predicted molar refractivity (Wildman–Crippen MR) is 68.1 cm³/mol. The average Bonchev–Trinajstić information content (AvgIpc) is 2.78. The van der Waals surface area contributed by atoms with Gasteiger partial charge in [0, 0.05) is 18.2 Å². The van der Waals surface area contributed by atoms with E-state index in [-0.39, 0.29) is 11.2 Å². The zero-order valence-electron chi connectivity index (χ0n) is 10.7. The summed E-state index contributed by atoms with van der Waals surface area (Å²) in [5, 5.41) is 0. The number of nitrogens with two attached hydrogens (primary N) is 1. The van der Waals surface area contributed by atoms with Crippen LogP contribution in [-0.2, 0) is 0 Å². The summed E-state index contributed by atoms with van der Waals surface area (Å²) in [6.45, 7) is 4.37. The van der Waals surface area contributed by atoms with Crippen molar-refractivity contribution < 1.29 is 9.13 Å². The van der Waals surface area contributed by atoms with Gasteiger partial charge in [0.2, 0.25) is 5.95 Å². The minimum Gasteiger partial charge on any atom is -0.494 e. The van der Waals surface area contributed by atoms with Crippen molar-refractivity contribution in [3.05, 3.63) is 17.9 Å². The molecule has 2 N–H and O–H groups in total. The molecule has 0 bridgehead atoms. The van der Waals surface area contributed by atoms with Gasteiger partial charge in [-0.05, 0) is 11.8 Å². The number of nitrogens with zero attached hydrogens (tertiary/aromatic N) is 2. The lowest BCUT2D eigenvalue weighted by atomic mass is 10.2. The fourth-order valence-corrected chi connectivity index (χ4v) is 2.48. The van der Waals surface area contributed by atoms with E-state index in [2.05, 4.69) is 18.8 Å². The summed E-state index contributed by atoms with van der Waals surface area (Å²) in [4.78, 5) is 4.22. The Balaban J connectivity index is 2.22. The molecule has 1 aromatic carbocycles. The maximum atomic E-state index is 13.6. The Hall–Kier alpha value is -1.78. The van der Waals surface area contributed by atoms with Crippen molar-refractivity contribution in [3.8, 4) is 5.75 Å². The molecule has 1 heterocycles. The first-order valence-electron chi connectivity index (χ1n) is 5.95. The molecular formula is C13H16FN3O. The van der Waals surface area contributed by atoms with Crippen LogP contribution in [0, 0.1) is 11.2 Å². The third kappa shape index (κ3) is 1.46. The summed E-state index contributed by atoms with van der Waals surface area (Å²) in [7, 11) is 1.45. The number of methoxy groups -OCH3 is 1. The molecule has 0 radical (unpaired) electrons. The first-order valence-corrected chi connectivity index (χ1v) is 5.95. The standard InChI is InChI=1S/C13H16FN3O/c1-13(2)6-11(13)17-9-5-10(18-3)7(14)4-8(9)16-12(17)15/h4-5,11H,6H2,1-3H3,(H2,15,16). The second kappa shape index (κ2) is 3.37. The molecule has 5 heteroatoms. The van der Waals surface area contributed by atoms with Gasteiger partial charge in [0.1, 0.15) is 0 Å². The fourth-order valence-electron chi connectivity index (χ4n) is 2.48. The number of halogens is 1. The quantitative estimate of drug-likeness (QED) is 0.890. The van der Waals surface area contributed by atoms with E-state index in [0.717, 1.165) is 11.9 Å². The first kappa shape index (κ1) is 11.3. The van der Waals surface area contributed by atoms with Gasteiger partial charge in [-0.3, -0.25) is 0 Å². The van der Waals surface area contributed by atoms with Crippen molar-refractivity contribution in [3.63, 3.8) is 0 Å². The van der Waals surface area contributed by atoms with Crippen LogP contribution in [0.1, 0.15) is 26.3 Å². The molecule has 0 spiro atoms. The minimum atomic E-state index is -0.412. The summed E-state index contributed by atoms with van der Waals surface area (Å²) in [6.07, 6.45) is 1.06. The molecule has 1 fully saturated rings. The van der Waals surface area contributed by atoms with E-state index in [4.69, 9.17) is 10.5 Å². The highest BCUT2D eigenvalue weighted by molar-refractivity contribution is 5.80. The largest absolute Gasteiger partial charge is 0.494 e. The van der Waals surface area contributed by atoms with Crippen molar-refractivity contribution in [2.24, 2.45) is 5.41 Å². The van der Waals surface area contributed by atoms with Crippen LogP contribution in [0.15, 0.2) is 12.1 Å². The first-order chi connectivity index (χ1) is 8.44. The van der Waals surface area contributed by atoms with Crippen molar-refractivity contribution in [2.75, 3.05) is 12.8 Å². The van der Waals surface area contributed by atoms with Gasteiger partial charge < -0.3 is 15.0 Å². The summed E-state index contributed by atoms with van der Waals surface area (Å²) < 4.78 is 20.6. The van der Waals surface area contributed by atoms with E-state index in [1.54, 1.807) is 6.07 Å². The number of nitrogen functional groups attached to an aromatic ring is 1. The third-order valence-electron chi connectivity index (χ3n) is 3.76. The summed E-state index contributed by atoms with van der Waals surface area (Å²) in [6, 6.07) is 3.37. The lowest BCUT2D eigenvalue weighted by Crippen LogP contribution is -2.05. The number of anilines is 1. The minimum absolute atomic E-state index is 0.224. The number of benzene rings is 1. The molecule has 0 amide bonds. The Labute approximate surface area is 105 Å². The molecule has 1 atom stereocenters. The van der Waals surface area contributed by atoms with Gasteiger partial charge in [0.25, 0.3) is 0 Å². The van der Waals surface area contributed by atoms with Crippen LogP contribution in [0.4, 0.5) is 10.3 Å². The number of ether oxygens (including phenoxy) is 1. The number of aromatic nitrogens is 2. The zero-order valence-corrected chi connectivity index (χ0v) is 10.7. The second-order valence-electron chi connectivity index (χ2n) is 5.52. The molecule has 96 valence electrons. The predicted octanol–water partition coefficient (Wildman–Crippen LogP) is 2.74. The molecule has 0 aliphatic heterocycles. The molecule has 2 aromatic rings. The lowest BCUT2D eigenvalue weighted by Gasteiger charge is -2.09. The smallest absolute Gasteiger partial charge is 0.201 e. The summed E-state index contributed by atoms with van der Waals surface area (Å²) in [5.41, 5.74) is 7.58. The Bertz CT molecular complexity index is 633. The van der Waals surface area contributed by atoms with E-state index in [9.17, 15) is 4.39 Å². The van der Waals surface area contributed by atoms with Gasteiger partial charge in [-0.1, -0.05) is 13.8 Å². The van der Waals surface area contributed by atoms with Crippen molar-refractivity contribution in [1.29, 1.82) is 0 Å². The SMILES string of the molecule is COc1cc2c(cc1F)nc(N)n2C1CC1(C)C. The molecule has 1 saturated carbocycles. The normalized spacial score (nSPS) is 21.2. The fraction of sp³-hybridized carbons (Fsp3) is 0.462. The zero-order chi connectivity index (χ0) is 13.1. The van der Waals surface area contributed by atoms with Crippen LogP contribution in [-0.4, -0.2) is 16.7 Å². The van der Waals surface area contributed by atoms with Gasteiger partial charge in [-0.2, -0.15) is 0 Å². The van der Waals surface area contributed by atoms with Crippen molar-refractivity contribution in [2.45, 2.75) is 26.3 Å². The van der Waals surface area contributed by atoms with Crippen LogP contribution in [0.5, 0.6) is 5.75 Å². The summed E-state index contributed by atoms with van der Waals surface area (Å²) >= 11 is 0. The third-order valence-corrected chi connectivity index (χ3v) is 3.76. The topological polar surface area (TPSA) is 53.1 Å². The molecule has 0 saturated heterocycles. The van der Waals surface area contributed by atoms with E-state index in [1.165, 1.54) is 13.2 Å². The van der Waals surface area contributed by atoms with Gasteiger partial charge in [-0.25, -0.2) is 9.37 Å². The van der Waals surface area contributed by atoms with Gasteiger partial charge in [0.15, 0.2) is 11.6 Å². The summed E-state index contributed by atoms with van der Waals surface area (Å²) in [5.74, 6) is 0.250. The number of rotatable bonds is 2. The van der Waals surface area contributed by atoms with Gasteiger partial charge >= 0.3 is 0 Å². The van der Waals surface area contributed by atoms with E-state index in [0.29, 0.717) is 17.5 Å². The average molecular weight is 249 g/mol. The van der Waals surface area contributed by atoms with Crippen LogP contribution >= 0.6 is 0 Å². The monoisotopic (exact) mass is 249 g/mol. The Morgan fingerprint density at radius 3 is 2.72 bits per heavy atom. The number of imidazole rings is 1. The molecular weight excluding hydrogens is 233 g/mol. The van der Waals surface area contributed by atoms with Crippen LogP contribution in [0.3, 0.4) is 0 Å². The Kier molecular flexibility index (Phi) is 2.12. The second-order valence-corrected chi connectivity index (χ2v) is 5.52. The van der Waals surface area contributed by atoms with Gasteiger partial charge in [-0.15, -0.1) is 0 Å².